The second kappa shape index (κ2) is 57.2. The predicted octanol–water partition coefficient (Wildman–Crippen LogP) is 19.5. The zero-order valence-electron chi connectivity index (χ0n) is 45.3. The molecule has 0 aliphatic heterocycles. The fraction of sp³-hybridized carbons (Fsp3) is 0.730. The van der Waals surface area contributed by atoms with Crippen molar-refractivity contribution in [1.82, 2.24) is 0 Å². The van der Waals surface area contributed by atoms with Gasteiger partial charge in [-0.25, -0.2) is 0 Å². The lowest BCUT2D eigenvalue weighted by Crippen LogP contribution is -2.30. The van der Waals surface area contributed by atoms with Crippen molar-refractivity contribution in [2.45, 2.75) is 284 Å². The van der Waals surface area contributed by atoms with Gasteiger partial charge in [0.1, 0.15) is 13.2 Å². The van der Waals surface area contributed by atoms with E-state index >= 15 is 0 Å². The van der Waals surface area contributed by atoms with Crippen molar-refractivity contribution >= 4 is 17.9 Å². The van der Waals surface area contributed by atoms with Crippen molar-refractivity contribution in [3.05, 3.63) is 85.1 Å². The van der Waals surface area contributed by atoms with E-state index < -0.39 is 6.10 Å². The molecule has 0 aromatic carbocycles. The molecule has 0 aromatic heterocycles. The van der Waals surface area contributed by atoms with Gasteiger partial charge in [0, 0.05) is 19.3 Å². The summed E-state index contributed by atoms with van der Waals surface area (Å²) in [5, 5.41) is 0. The van der Waals surface area contributed by atoms with E-state index in [0.717, 1.165) is 116 Å². The highest BCUT2D eigenvalue weighted by atomic mass is 16.6. The van der Waals surface area contributed by atoms with Gasteiger partial charge in [-0.1, -0.05) is 247 Å². The van der Waals surface area contributed by atoms with Crippen LogP contribution in [0.25, 0.3) is 0 Å². The number of hydrogen-bond donors (Lipinski definition) is 0. The zero-order valence-corrected chi connectivity index (χ0v) is 45.3. The lowest BCUT2D eigenvalue weighted by atomic mass is 10.0. The first-order valence-electron chi connectivity index (χ1n) is 29.1. The molecule has 1 atom stereocenters. The summed E-state index contributed by atoms with van der Waals surface area (Å²) in [7, 11) is 0. The Morgan fingerprint density at radius 3 is 0.899 bits per heavy atom. The molecule has 0 saturated heterocycles. The molecule has 1 unspecified atom stereocenters. The number of hydrogen-bond acceptors (Lipinski definition) is 6. The molecule has 0 saturated carbocycles. The van der Waals surface area contributed by atoms with Gasteiger partial charge in [0.2, 0.25) is 0 Å². The SMILES string of the molecule is CC/C=C\C/C=C\C/C=C\C/C=C\C/C=C\C/C=C\CCCCCCCCCCCCCCC(=O)OCC(COC(=O)CCCCCCC)OC(=O)CCCCCCC/C=C\CCCCCCCC. The average molecular weight is 962 g/mol. The normalized spacial score (nSPS) is 12.7. The van der Waals surface area contributed by atoms with E-state index in [1.54, 1.807) is 0 Å². The van der Waals surface area contributed by atoms with E-state index in [2.05, 4.69) is 106 Å². The van der Waals surface area contributed by atoms with Gasteiger partial charge in [-0.15, -0.1) is 0 Å². The van der Waals surface area contributed by atoms with Crippen LogP contribution in [0.15, 0.2) is 85.1 Å². The number of ether oxygens (including phenoxy) is 3. The van der Waals surface area contributed by atoms with Crippen LogP contribution in [0, 0.1) is 0 Å². The van der Waals surface area contributed by atoms with Gasteiger partial charge in [0.15, 0.2) is 6.10 Å². The van der Waals surface area contributed by atoms with E-state index in [9.17, 15) is 14.4 Å². The maximum Gasteiger partial charge on any atom is 0.306 e. The van der Waals surface area contributed by atoms with Gasteiger partial charge in [-0.2, -0.15) is 0 Å². The van der Waals surface area contributed by atoms with Crippen LogP contribution in [0.3, 0.4) is 0 Å². The second-order valence-corrected chi connectivity index (χ2v) is 19.2. The van der Waals surface area contributed by atoms with Crippen molar-refractivity contribution in [2.24, 2.45) is 0 Å². The van der Waals surface area contributed by atoms with Crippen LogP contribution in [-0.4, -0.2) is 37.2 Å². The minimum atomic E-state index is -0.776. The van der Waals surface area contributed by atoms with Gasteiger partial charge in [0.25, 0.3) is 0 Å². The zero-order chi connectivity index (χ0) is 50.0. The topological polar surface area (TPSA) is 78.9 Å². The number of rotatable bonds is 52. The minimum absolute atomic E-state index is 0.0791. The Morgan fingerprint density at radius 1 is 0.304 bits per heavy atom. The van der Waals surface area contributed by atoms with E-state index in [1.807, 2.05) is 0 Å². The number of unbranched alkanes of at least 4 members (excludes halogenated alkanes) is 27. The molecule has 6 nitrogen and oxygen atoms in total. The molecule has 6 heteroatoms. The van der Waals surface area contributed by atoms with E-state index in [1.165, 1.54) is 122 Å². The van der Waals surface area contributed by atoms with Gasteiger partial charge in [-0.3, -0.25) is 14.4 Å². The van der Waals surface area contributed by atoms with Crippen molar-refractivity contribution < 1.29 is 28.6 Å². The molecule has 0 radical (unpaired) electrons. The highest BCUT2D eigenvalue weighted by molar-refractivity contribution is 5.71. The molecule has 0 spiro atoms. The number of carbonyl (C=O) groups is 3. The van der Waals surface area contributed by atoms with Crippen LogP contribution in [0.1, 0.15) is 278 Å². The fourth-order valence-corrected chi connectivity index (χ4v) is 8.03. The highest BCUT2D eigenvalue weighted by Gasteiger charge is 2.19. The molecular formula is C63H108O6. The maximum absolute atomic E-state index is 12.7. The highest BCUT2D eigenvalue weighted by Crippen LogP contribution is 2.15. The molecule has 0 heterocycles. The Balaban J connectivity index is 4.03. The monoisotopic (exact) mass is 961 g/mol. The molecule has 0 bridgehead atoms. The summed E-state index contributed by atoms with van der Waals surface area (Å²) in [4.78, 5) is 37.8. The van der Waals surface area contributed by atoms with Crippen molar-refractivity contribution in [3.63, 3.8) is 0 Å². The van der Waals surface area contributed by atoms with Crippen LogP contribution in [-0.2, 0) is 28.6 Å². The average Bonchev–Trinajstić information content (AvgIpc) is 3.35. The quantitative estimate of drug-likeness (QED) is 0.0262. The van der Waals surface area contributed by atoms with Crippen molar-refractivity contribution in [2.75, 3.05) is 13.2 Å². The first-order valence-corrected chi connectivity index (χ1v) is 29.1. The Morgan fingerprint density at radius 2 is 0.565 bits per heavy atom. The molecule has 0 aromatic rings. The predicted molar refractivity (Wildman–Crippen MR) is 297 cm³/mol. The summed E-state index contributed by atoms with van der Waals surface area (Å²) in [6, 6.07) is 0. The first-order chi connectivity index (χ1) is 34.0. The van der Waals surface area contributed by atoms with Crippen LogP contribution in [0.2, 0.25) is 0 Å². The summed E-state index contributed by atoms with van der Waals surface area (Å²) in [5.74, 6) is -0.899. The molecule has 0 amide bonds. The third-order valence-corrected chi connectivity index (χ3v) is 12.4. The van der Waals surface area contributed by atoms with Crippen LogP contribution >= 0.6 is 0 Å². The molecule has 0 aliphatic rings. The van der Waals surface area contributed by atoms with Gasteiger partial charge < -0.3 is 14.2 Å². The van der Waals surface area contributed by atoms with E-state index in [4.69, 9.17) is 14.2 Å². The summed E-state index contributed by atoms with van der Waals surface area (Å²) < 4.78 is 16.7. The van der Waals surface area contributed by atoms with Gasteiger partial charge >= 0.3 is 17.9 Å². The summed E-state index contributed by atoms with van der Waals surface area (Å²) >= 11 is 0. The minimum Gasteiger partial charge on any atom is -0.462 e. The largest absolute Gasteiger partial charge is 0.462 e. The van der Waals surface area contributed by atoms with Gasteiger partial charge in [0.05, 0.1) is 0 Å². The molecule has 0 fully saturated rings. The van der Waals surface area contributed by atoms with Gasteiger partial charge in [-0.05, 0) is 96.3 Å². The Bertz CT molecular complexity index is 1330. The fourth-order valence-electron chi connectivity index (χ4n) is 8.03. The molecule has 69 heavy (non-hydrogen) atoms. The second-order valence-electron chi connectivity index (χ2n) is 19.2. The smallest absolute Gasteiger partial charge is 0.306 e. The third kappa shape index (κ3) is 55.4. The summed E-state index contributed by atoms with van der Waals surface area (Å²) in [6.07, 6.45) is 74.8. The summed E-state index contributed by atoms with van der Waals surface area (Å²) in [5.41, 5.74) is 0. The van der Waals surface area contributed by atoms with Crippen molar-refractivity contribution in [3.8, 4) is 0 Å². The van der Waals surface area contributed by atoms with E-state index in [-0.39, 0.29) is 31.1 Å². The lowest BCUT2D eigenvalue weighted by molar-refractivity contribution is -0.167. The third-order valence-electron chi connectivity index (χ3n) is 12.4. The Kier molecular flexibility index (Phi) is 54.3. The van der Waals surface area contributed by atoms with Crippen molar-refractivity contribution in [1.29, 1.82) is 0 Å². The molecule has 396 valence electrons. The molecule has 0 N–H and O–H groups in total. The lowest BCUT2D eigenvalue weighted by Gasteiger charge is -2.18. The van der Waals surface area contributed by atoms with Crippen LogP contribution in [0.5, 0.6) is 0 Å². The molecular weight excluding hydrogens is 853 g/mol. The molecule has 0 aliphatic carbocycles. The Labute approximate surface area is 426 Å². The standard InChI is InChI=1S/C63H108O6/c1-4-7-10-13-15-17-19-21-23-24-25-26-27-28-29-30-31-32-33-34-35-36-37-38-40-41-43-45-47-50-53-56-62(65)68-59-60(58-67-61(64)55-52-49-12-9-6-3)69-63(66)57-54-51-48-46-44-42-39-22-20-18-16-14-11-8-5-2/h7,10,15,17,21-23,25-26,28-29,31-32,39,60H,4-6,8-9,11-14,16,18-20,24,27,30,33-38,40-59H2,1-3H3/b10-7-,17-15-,23-21-,26-25-,29-28-,32-31-,39-22-. The maximum atomic E-state index is 12.7. The van der Waals surface area contributed by atoms with Crippen LogP contribution < -0.4 is 0 Å². The van der Waals surface area contributed by atoms with Crippen LogP contribution in [0.4, 0.5) is 0 Å². The first kappa shape index (κ1) is 65.6. The van der Waals surface area contributed by atoms with E-state index in [0.29, 0.717) is 19.3 Å². The summed E-state index contributed by atoms with van der Waals surface area (Å²) in [6.45, 7) is 6.44. The molecule has 0 rings (SSSR count). The Hall–Kier alpha value is -3.41. The number of allylic oxidation sites excluding steroid dienone is 14. The number of carbonyl (C=O) groups excluding carboxylic acids is 3. The number of esters is 3.